The standard InChI is InChI=1S/C15H14F2N2O2/c1-2-9-3-5-11(19(20)21)8-12(9)15(18)10-4-6-13(16)14(17)7-10/h3-8,15H,2,18H2,1H3. The molecule has 0 spiro atoms. The molecular weight excluding hydrogens is 278 g/mol. The fourth-order valence-electron chi connectivity index (χ4n) is 2.19. The third-order valence-corrected chi connectivity index (χ3v) is 3.36. The molecule has 0 fully saturated rings. The van der Waals surface area contributed by atoms with Crippen LogP contribution >= 0.6 is 0 Å². The van der Waals surface area contributed by atoms with Crippen molar-refractivity contribution in [2.24, 2.45) is 5.73 Å². The van der Waals surface area contributed by atoms with E-state index in [1.807, 2.05) is 6.92 Å². The van der Waals surface area contributed by atoms with Gasteiger partial charge in [0.25, 0.3) is 5.69 Å². The number of benzene rings is 2. The first kappa shape index (κ1) is 15.1. The highest BCUT2D eigenvalue weighted by Crippen LogP contribution is 2.28. The molecule has 0 saturated carbocycles. The van der Waals surface area contributed by atoms with Gasteiger partial charge in [-0.05, 0) is 35.2 Å². The van der Waals surface area contributed by atoms with Crippen LogP contribution in [-0.4, -0.2) is 4.92 Å². The quantitative estimate of drug-likeness (QED) is 0.692. The predicted octanol–water partition coefficient (Wildman–Crippen LogP) is 3.48. The molecule has 0 amide bonds. The number of nitrogens with two attached hydrogens (primary N) is 1. The van der Waals surface area contributed by atoms with E-state index < -0.39 is 22.6 Å². The lowest BCUT2D eigenvalue weighted by Gasteiger charge is -2.16. The van der Waals surface area contributed by atoms with Gasteiger partial charge in [-0.25, -0.2) is 8.78 Å². The molecule has 21 heavy (non-hydrogen) atoms. The van der Waals surface area contributed by atoms with Crippen molar-refractivity contribution in [3.8, 4) is 0 Å². The van der Waals surface area contributed by atoms with Gasteiger partial charge in [-0.2, -0.15) is 0 Å². The third-order valence-electron chi connectivity index (χ3n) is 3.36. The number of nitro groups is 1. The van der Waals surface area contributed by atoms with Crippen molar-refractivity contribution in [3.63, 3.8) is 0 Å². The zero-order valence-corrected chi connectivity index (χ0v) is 11.3. The molecule has 0 aliphatic rings. The van der Waals surface area contributed by atoms with E-state index in [4.69, 9.17) is 5.73 Å². The third kappa shape index (κ3) is 3.05. The van der Waals surface area contributed by atoms with E-state index in [0.717, 1.165) is 17.7 Å². The highest BCUT2D eigenvalue weighted by atomic mass is 19.2. The minimum Gasteiger partial charge on any atom is -0.320 e. The second kappa shape index (κ2) is 5.97. The highest BCUT2D eigenvalue weighted by molar-refractivity contribution is 5.45. The average molecular weight is 292 g/mol. The smallest absolute Gasteiger partial charge is 0.269 e. The molecule has 0 aliphatic heterocycles. The molecule has 0 heterocycles. The van der Waals surface area contributed by atoms with Gasteiger partial charge in [0.15, 0.2) is 11.6 Å². The van der Waals surface area contributed by atoms with Gasteiger partial charge in [-0.1, -0.05) is 19.1 Å². The normalized spacial score (nSPS) is 12.2. The van der Waals surface area contributed by atoms with E-state index in [2.05, 4.69) is 0 Å². The van der Waals surface area contributed by atoms with Crippen LogP contribution in [0.3, 0.4) is 0 Å². The molecule has 110 valence electrons. The zero-order chi connectivity index (χ0) is 15.6. The molecule has 0 bridgehead atoms. The van der Waals surface area contributed by atoms with Gasteiger partial charge < -0.3 is 5.73 Å². The number of nitro benzene ring substituents is 1. The summed E-state index contributed by atoms with van der Waals surface area (Å²) >= 11 is 0. The van der Waals surface area contributed by atoms with Crippen LogP contribution in [0.1, 0.15) is 29.7 Å². The molecule has 1 unspecified atom stereocenters. The van der Waals surface area contributed by atoms with Crippen LogP contribution < -0.4 is 5.73 Å². The first-order valence-electron chi connectivity index (χ1n) is 6.41. The van der Waals surface area contributed by atoms with Crippen LogP contribution in [0.15, 0.2) is 36.4 Å². The molecule has 1 atom stereocenters. The summed E-state index contributed by atoms with van der Waals surface area (Å²) in [5.41, 5.74) is 7.72. The number of nitrogens with zero attached hydrogens (tertiary/aromatic N) is 1. The van der Waals surface area contributed by atoms with E-state index in [9.17, 15) is 18.9 Å². The molecular formula is C15H14F2N2O2. The zero-order valence-electron chi connectivity index (χ0n) is 11.3. The summed E-state index contributed by atoms with van der Waals surface area (Å²) in [4.78, 5) is 10.4. The Morgan fingerprint density at radius 2 is 1.90 bits per heavy atom. The summed E-state index contributed by atoms with van der Waals surface area (Å²) in [5.74, 6) is -1.95. The summed E-state index contributed by atoms with van der Waals surface area (Å²) in [6.07, 6.45) is 0.630. The van der Waals surface area contributed by atoms with Crippen LogP contribution in [0.4, 0.5) is 14.5 Å². The summed E-state index contributed by atoms with van der Waals surface area (Å²) in [5, 5.41) is 10.9. The van der Waals surface area contributed by atoms with Crippen molar-refractivity contribution in [2.75, 3.05) is 0 Å². The largest absolute Gasteiger partial charge is 0.320 e. The van der Waals surface area contributed by atoms with Crippen molar-refractivity contribution in [1.29, 1.82) is 0 Å². The van der Waals surface area contributed by atoms with Gasteiger partial charge in [0.1, 0.15) is 0 Å². The van der Waals surface area contributed by atoms with E-state index in [-0.39, 0.29) is 5.69 Å². The van der Waals surface area contributed by atoms with Crippen LogP contribution in [0, 0.1) is 21.7 Å². The second-order valence-corrected chi connectivity index (χ2v) is 4.64. The lowest BCUT2D eigenvalue weighted by molar-refractivity contribution is -0.384. The number of aryl methyl sites for hydroxylation is 1. The Labute approximate surface area is 120 Å². The fraction of sp³-hybridized carbons (Fsp3) is 0.200. The molecule has 0 aromatic heterocycles. The highest BCUT2D eigenvalue weighted by Gasteiger charge is 2.18. The van der Waals surface area contributed by atoms with Gasteiger partial charge in [-0.3, -0.25) is 10.1 Å². The minimum absolute atomic E-state index is 0.0831. The molecule has 0 saturated heterocycles. The van der Waals surface area contributed by atoms with Crippen molar-refractivity contribution < 1.29 is 13.7 Å². The molecule has 0 radical (unpaired) electrons. The summed E-state index contributed by atoms with van der Waals surface area (Å²) < 4.78 is 26.3. The molecule has 6 heteroatoms. The van der Waals surface area contributed by atoms with Crippen LogP contribution in [0.5, 0.6) is 0 Å². The SMILES string of the molecule is CCc1ccc([N+](=O)[O-])cc1C(N)c1ccc(F)c(F)c1. The molecule has 2 aromatic rings. The maximum absolute atomic E-state index is 13.3. The van der Waals surface area contributed by atoms with Crippen LogP contribution in [0.25, 0.3) is 0 Å². The monoisotopic (exact) mass is 292 g/mol. The minimum atomic E-state index is -0.994. The Bertz CT molecular complexity index is 689. The van der Waals surface area contributed by atoms with Crippen molar-refractivity contribution in [2.45, 2.75) is 19.4 Å². The van der Waals surface area contributed by atoms with E-state index in [1.165, 1.54) is 18.2 Å². The van der Waals surface area contributed by atoms with E-state index >= 15 is 0 Å². The molecule has 2 aromatic carbocycles. The summed E-state index contributed by atoms with van der Waals surface area (Å²) in [6.45, 7) is 1.89. The maximum Gasteiger partial charge on any atom is 0.269 e. The van der Waals surface area contributed by atoms with Gasteiger partial charge in [-0.15, -0.1) is 0 Å². The van der Waals surface area contributed by atoms with E-state index in [0.29, 0.717) is 17.5 Å². The summed E-state index contributed by atoms with van der Waals surface area (Å²) in [7, 11) is 0. The Morgan fingerprint density at radius 3 is 2.48 bits per heavy atom. The van der Waals surface area contributed by atoms with Crippen molar-refractivity contribution in [3.05, 3.63) is 74.8 Å². The average Bonchev–Trinajstić information content (AvgIpc) is 2.48. The Morgan fingerprint density at radius 1 is 1.19 bits per heavy atom. The van der Waals surface area contributed by atoms with Crippen LogP contribution in [-0.2, 0) is 6.42 Å². The molecule has 2 N–H and O–H groups in total. The van der Waals surface area contributed by atoms with Gasteiger partial charge in [0.05, 0.1) is 11.0 Å². The number of halogens is 2. The molecule has 2 rings (SSSR count). The summed E-state index contributed by atoms with van der Waals surface area (Å²) in [6, 6.07) is 7.04. The number of non-ortho nitro benzene ring substituents is 1. The van der Waals surface area contributed by atoms with Crippen molar-refractivity contribution >= 4 is 5.69 Å². The Balaban J connectivity index is 2.50. The number of hydrogen-bond acceptors (Lipinski definition) is 3. The van der Waals surface area contributed by atoms with Gasteiger partial charge >= 0.3 is 0 Å². The molecule has 0 aliphatic carbocycles. The van der Waals surface area contributed by atoms with Gasteiger partial charge in [0, 0.05) is 12.1 Å². The van der Waals surface area contributed by atoms with Crippen LogP contribution in [0.2, 0.25) is 0 Å². The van der Waals surface area contributed by atoms with E-state index in [1.54, 1.807) is 6.07 Å². The Kier molecular flexibility index (Phi) is 4.28. The number of rotatable bonds is 4. The second-order valence-electron chi connectivity index (χ2n) is 4.64. The topological polar surface area (TPSA) is 69.2 Å². The first-order chi connectivity index (χ1) is 9.93. The van der Waals surface area contributed by atoms with Gasteiger partial charge in [0.2, 0.25) is 0 Å². The number of hydrogen-bond donors (Lipinski definition) is 1. The van der Waals surface area contributed by atoms with Crippen molar-refractivity contribution in [1.82, 2.24) is 0 Å². The molecule has 4 nitrogen and oxygen atoms in total. The lowest BCUT2D eigenvalue weighted by atomic mass is 9.93. The predicted molar refractivity (Wildman–Crippen MR) is 74.9 cm³/mol. The lowest BCUT2D eigenvalue weighted by Crippen LogP contribution is -2.15. The Hall–Kier alpha value is -2.34. The first-order valence-corrected chi connectivity index (χ1v) is 6.41. The maximum atomic E-state index is 13.3. The fourth-order valence-corrected chi connectivity index (χ4v) is 2.19.